The Kier molecular flexibility index (Phi) is 4.82. The van der Waals surface area contributed by atoms with Gasteiger partial charge in [0.1, 0.15) is 5.75 Å². The van der Waals surface area contributed by atoms with Gasteiger partial charge in [-0.25, -0.2) is 0 Å². The summed E-state index contributed by atoms with van der Waals surface area (Å²) in [4.78, 5) is 26.1. The molecule has 7 heteroatoms. The molecule has 0 saturated carbocycles. The molecule has 0 saturated heterocycles. The maximum atomic E-state index is 12.4. The second-order valence-electron chi connectivity index (χ2n) is 6.31. The molecule has 1 N–H and O–H groups in total. The Hall–Kier alpha value is -3.22. The maximum absolute atomic E-state index is 12.4. The van der Waals surface area contributed by atoms with E-state index in [1.165, 1.54) is 0 Å². The normalized spacial score (nSPS) is 15.4. The number of nitrogens with zero attached hydrogens (tertiary/aromatic N) is 1. The van der Waals surface area contributed by atoms with Crippen molar-refractivity contribution in [2.75, 3.05) is 36.6 Å². The predicted molar refractivity (Wildman–Crippen MR) is 99.6 cm³/mol. The topological polar surface area (TPSA) is 77.1 Å². The number of anilines is 2. The third kappa shape index (κ3) is 3.81. The average molecular weight is 368 g/mol. The molecule has 2 aliphatic rings. The van der Waals surface area contributed by atoms with Gasteiger partial charge in [-0.3, -0.25) is 9.59 Å². The molecule has 7 nitrogen and oxygen atoms in total. The van der Waals surface area contributed by atoms with Gasteiger partial charge in [0.25, 0.3) is 5.91 Å². The van der Waals surface area contributed by atoms with E-state index in [4.69, 9.17) is 14.2 Å². The standard InChI is InChI=1S/C20H20N2O5/c23-19(21-14-6-7-17-18(12-14)26-11-3-10-25-17)8-9-22-15-4-1-2-5-16(15)27-13-20(22)24/h1-2,4-7,12H,3,8-11,13H2,(H,21,23). The van der Waals surface area contributed by atoms with Gasteiger partial charge in [-0.15, -0.1) is 0 Å². The third-order valence-corrected chi connectivity index (χ3v) is 4.40. The van der Waals surface area contributed by atoms with Crippen LogP contribution in [0.15, 0.2) is 42.5 Å². The fourth-order valence-electron chi connectivity index (χ4n) is 3.08. The van der Waals surface area contributed by atoms with Crippen molar-refractivity contribution in [3.05, 3.63) is 42.5 Å². The highest BCUT2D eigenvalue weighted by Gasteiger charge is 2.25. The number of hydrogen-bond acceptors (Lipinski definition) is 5. The van der Waals surface area contributed by atoms with Crippen LogP contribution in [-0.2, 0) is 9.59 Å². The molecular formula is C20H20N2O5. The number of carbonyl (C=O) groups excluding carboxylic acids is 2. The Bertz CT molecular complexity index is 867. The lowest BCUT2D eigenvalue weighted by Crippen LogP contribution is -2.40. The molecule has 0 spiro atoms. The van der Waals surface area contributed by atoms with E-state index in [0.717, 1.165) is 6.42 Å². The lowest BCUT2D eigenvalue weighted by Gasteiger charge is -2.29. The summed E-state index contributed by atoms with van der Waals surface area (Å²) in [5.74, 6) is 1.63. The van der Waals surface area contributed by atoms with Crippen LogP contribution in [0.4, 0.5) is 11.4 Å². The van der Waals surface area contributed by atoms with Crippen molar-refractivity contribution < 1.29 is 23.8 Å². The molecule has 2 aliphatic heterocycles. The number of ether oxygens (including phenoxy) is 3. The molecule has 2 heterocycles. The van der Waals surface area contributed by atoms with E-state index >= 15 is 0 Å². The van der Waals surface area contributed by atoms with Crippen LogP contribution >= 0.6 is 0 Å². The van der Waals surface area contributed by atoms with E-state index < -0.39 is 0 Å². The number of rotatable bonds is 4. The summed E-state index contributed by atoms with van der Waals surface area (Å²) in [5.41, 5.74) is 1.33. The number of benzene rings is 2. The number of hydrogen-bond donors (Lipinski definition) is 1. The van der Waals surface area contributed by atoms with Gasteiger partial charge in [-0.05, 0) is 24.3 Å². The summed E-state index contributed by atoms with van der Waals surface area (Å²) in [6.45, 7) is 1.48. The number of para-hydroxylation sites is 2. The van der Waals surface area contributed by atoms with Crippen LogP contribution in [0.2, 0.25) is 0 Å². The van der Waals surface area contributed by atoms with E-state index in [9.17, 15) is 9.59 Å². The van der Waals surface area contributed by atoms with Crippen molar-refractivity contribution in [1.82, 2.24) is 0 Å². The molecular weight excluding hydrogens is 348 g/mol. The van der Waals surface area contributed by atoms with Crippen LogP contribution in [-0.4, -0.2) is 38.2 Å². The SMILES string of the molecule is O=C(CCN1C(=O)COc2ccccc21)Nc1ccc2c(c1)OCCCO2. The number of fused-ring (bicyclic) bond motifs is 2. The molecule has 4 rings (SSSR count). The van der Waals surface area contributed by atoms with Crippen LogP contribution < -0.4 is 24.4 Å². The van der Waals surface area contributed by atoms with Crippen molar-refractivity contribution in [1.29, 1.82) is 0 Å². The number of nitrogens with one attached hydrogen (secondary N) is 1. The fourth-order valence-corrected chi connectivity index (χ4v) is 3.08. The molecule has 27 heavy (non-hydrogen) atoms. The van der Waals surface area contributed by atoms with Gasteiger partial charge >= 0.3 is 0 Å². The Labute approximate surface area is 156 Å². The predicted octanol–water partition coefficient (Wildman–Crippen LogP) is 2.60. The highest BCUT2D eigenvalue weighted by molar-refractivity contribution is 5.99. The molecule has 2 amide bonds. The molecule has 0 bridgehead atoms. The largest absolute Gasteiger partial charge is 0.490 e. The monoisotopic (exact) mass is 368 g/mol. The maximum Gasteiger partial charge on any atom is 0.265 e. The lowest BCUT2D eigenvalue weighted by atomic mass is 10.2. The van der Waals surface area contributed by atoms with Gasteiger partial charge in [0.15, 0.2) is 18.1 Å². The van der Waals surface area contributed by atoms with Crippen molar-refractivity contribution in [2.45, 2.75) is 12.8 Å². The van der Waals surface area contributed by atoms with Crippen LogP contribution in [0.3, 0.4) is 0 Å². The number of carbonyl (C=O) groups is 2. The molecule has 0 radical (unpaired) electrons. The van der Waals surface area contributed by atoms with Crippen LogP contribution in [0.25, 0.3) is 0 Å². The highest BCUT2D eigenvalue weighted by atomic mass is 16.5. The van der Waals surface area contributed by atoms with Crippen molar-refractivity contribution in [3.8, 4) is 17.2 Å². The first-order valence-electron chi connectivity index (χ1n) is 8.92. The van der Waals surface area contributed by atoms with Gasteiger partial charge in [0.05, 0.1) is 18.9 Å². The minimum Gasteiger partial charge on any atom is -0.490 e. The molecule has 0 aromatic heterocycles. The molecule has 2 aromatic rings. The van der Waals surface area contributed by atoms with Crippen molar-refractivity contribution in [3.63, 3.8) is 0 Å². The quantitative estimate of drug-likeness (QED) is 0.898. The second-order valence-corrected chi connectivity index (χ2v) is 6.31. The smallest absolute Gasteiger partial charge is 0.265 e. The number of amides is 2. The second kappa shape index (κ2) is 7.57. The van der Waals surface area contributed by atoms with E-state index in [1.807, 2.05) is 24.3 Å². The Morgan fingerprint density at radius 3 is 2.70 bits per heavy atom. The van der Waals surface area contributed by atoms with E-state index in [1.54, 1.807) is 23.1 Å². The van der Waals surface area contributed by atoms with Gasteiger partial charge in [0, 0.05) is 31.1 Å². The van der Waals surface area contributed by atoms with Crippen LogP contribution in [0.1, 0.15) is 12.8 Å². The molecule has 0 atom stereocenters. The van der Waals surface area contributed by atoms with Gasteiger partial charge in [-0.2, -0.15) is 0 Å². The summed E-state index contributed by atoms with van der Waals surface area (Å²) in [5, 5.41) is 2.85. The Morgan fingerprint density at radius 1 is 1.00 bits per heavy atom. The van der Waals surface area contributed by atoms with Crippen molar-refractivity contribution in [2.24, 2.45) is 0 Å². The van der Waals surface area contributed by atoms with Crippen molar-refractivity contribution >= 4 is 23.2 Å². The summed E-state index contributed by atoms with van der Waals surface area (Å²) in [7, 11) is 0. The van der Waals surface area contributed by atoms with E-state index in [-0.39, 0.29) is 31.4 Å². The zero-order chi connectivity index (χ0) is 18.6. The van der Waals surface area contributed by atoms with Gasteiger partial charge < -0.3 is 24.4 Å². The minimum absolute atomic E-state index is 0.0131. The summed E-state index contributed by atoms with van der Waals surface area (Å²) in [6, 6.07) is 12.6. The fraction of sp³-hybridized carbons (Fsp3) is 0.300. The first kappa shape index (κ1) is 17.2. The first-order valence-corrected chi connectivity index (χ1v) is 8.92. The molecule has 140 valence electrons. The summed E-state index contributed by atoms with van der Waals surface area (Å²) in [6.07, 6.45) is 1.000. The molecule has 0 fully saturated rings. The zero-order valence-electron chi connectivity index (χ0n) is 14.8. The Morgan fingerprint density at radius 2 is 1.81 bits per heavy atom. The average Bonchev–Trinajstić information content (AvgIpc) is 2.92. The van der Waals surface area contributed by atoms with Crippen LogP contribution in [0, 0.1) is 0 Å². The third-order valence-electron chi connectivity index (χ3n) is 4.40. The summed E-state index contributed by atoms with van der Waals surface area (Å²) >= 11 is 0. The van der Waals surface area contributed by atoms with Crippen LogP contribution in [0.5, 0.6) is 17.2 Å². The first-order chi connectivity index (χ1) is 13.2. The zero-order valence-corrected chi connectivity index (χ0v) is 14.8. The Balaban J connectivity index is 1.39. The molecule has 0 aliphatic carbocycles. The minimum atomic E-state index is -0.179. The van der Waals surface area contributed by atoms with Gasteiger partial charge in [-0.1, -0.05) is 12.1 Å². The van der Waals surface area contributed by atoms with E-state index in [0.29, 0.717) is 41.8 Å². The van der Waals surface area contributed by atoms with E-state index in [2.05, 4.69) is 5.32 Å². The lowest BCUT2D eigenvalue weighted by molar-refractivity contribution is -0.121. The van der Waals surface area contributed by atoms with Gasteiger partial charge in [0.2, 0.25) is 5.91 Å². The molecule has 0 unspecified atom stereocenters. The highest BCUT2D eigenvalue weighted by Crippen LogP contribution is 2.33. The molecule has 2 aromatic carbocycles. The summed E-state index contributed by atoms with van der Waals surface area (Å²) < 4.78 is 16.6.